The Kier molecular flexibility index (Phi) is 6.46. The first-order valence-corrected chi connectivity index (χ1v) is 8.61. The van der Waals surface area contributed by atoms with Crippen LogP contribution in [0.4, 0.5) is 0 Å². The van der Waals surface area contributed by atoms with Crippen molar-refractivity contribution < 1.29 is 20.1 Å². The van der Waals surface area contributed by atoms with Crippen LogP contribution in [0.3, 0.4) is 0 Å². The lowest BCUT2D eigenvalue weighted by molar-refractivity contribution is -0.143. The number of rotatable bonds is 5. The Morgan fingerprint density at radius 1 is 1.42 bits per heavy atom. The minimum atomic E-state index is -1.36. The van der Waals surface area contributed by atoms with Gasteiger partial charge >= 0.3 is 0 Å². The van der Waals surface area contributed by atoms with Crippen LogP contribution >= 0.6 is 11.6 Å². The molecule has 1 aromatic carbocycles. The van der Waals surface area contributed by atoms with E-state index in [1.165, 1.54) is 4.90 Å². The predicted molar refractivity (Wildman–Crippen MR) is 91.8 cm³/mol. The van der Waals surface area contributed by atoms with Gasteiger partial charge in [-0.25, -0.2) is 0 Å². The molecule has 5 N–H and O–H groups in total. The highest BCUT2D eigenvalue weighted by molar-refractivity contribution is 6.31. The van der Waals surface area contributed by atoms with E-state index < -0.39 is 18.6 Å². The number of carbonyl (C=O) groups is 1. The number of phenolic OH excluding ortho intramolecular Hbond substituents is 1. The molecule has 0 spiro atoms. The minimum Gasteiger partial charge on any atom is -0.508 e. The molecule has 2 unspecified atom stereocenters. The Hall–Kier alpha value is -1.34. The van der Waals surface area contributed by atoms with Crippen LogP contribution in [0.1, 0.15) is 36.9 Å². The van der Waals surface area contributed by atoms with Crippen LogP contribution in [-0.2, 0) is 11.2 Å². The normalized spacial score (nSPS) is 18.5. The van der Waals surface area contributed by atoms with Crippen molar-refractivity contribution in [1.82, 2.24) is 4.90 Å². The highest BCUT2D eigenvalue weighted by Crippen LogP contribution is 2.36. The SMILES string of the molecule is CCc1cc(O)c(C(N)C2CCN(C(=O)C(O)CO)CC2)cc1Cl. The third kappa shape index (κ3) is 4.00. The first-order valence-electron chi connectivity index (χ1n) is 8.23. The molecule has 1 aliphatic heterocycles. The maximum atomic E-state index is 11.9. The number of piperidine rings is 1. The smallest absolute Gasteiger partial charge is 0.253 e. The highest BCUT2D eigenvalue weighted by atomic mass is 35.5. The Morgan fingerprint density at radius 3 is 2.58 bits per heavy atom. The van der Waals surface area contributed by atoms with Crippen molar-refractivity contribution in [1.29, 1.82) is 0 Å². The number of likely N-dealkylation sites (tertiary alicyclic amines) is 1. The summed E-state index contributed by atoms with van der Waals surface area (Å²) in [4.78, 5) is 13.4. The summed E-state index contributed by atoms with van der Waals surface area (Å²) < 4.78 is 0. The molecular formula is C17H25ClN2O4. The number of aliphatic hydroxyl groups excluding tert-OH is 2. The second kappa shape index (κ2) is 8.16. The number of hydrogen-bond acceptors (Lipinski definition) is 5. The number of aromatic hydroxyl groups is 1. The predicted octanol–water partition coefficient (Wildman–Crippen LogP) is 1.20. The summed E-state index contributed by atoms with van der Waals surface area (Å²) in [5.74, 6) is -0.199. The molecule has 0 aromatic heterocycles. The molecule has 7 heteroatoms. The Morgan fingerprint density at radius 2 is 2.04 bits per heavy atom. The third-order valence-electron chi connectivity index (χ3n) is 4.75. The van der Waals surface area contributed by atoms with Gasteiger partial charge in [0.1, 0.15) is 5.75 Å². The fourth-order valence-electron chi connectivity index (χ4n) is 3.18. The van der Waals surface area contributed by atoms with Gasteiger partial charge in [0.25, 0.3) is 5.91 Å². The number of amides is 1. The number of halogens is 1. The fourth-order valence-corrected chi connectivity index (χ4v) is 3.49. The first-order chi connectivity index (χ1) is 11.4. The van der Waals surface area contributed by atoms with Gasteiger partial charge in [-0.3, -0.25) is 4.79 Å². The quantitative estimate of drug-likeness (QED) is 0.634. The Bertz CT molecular complexity index is 588. The summed E-state index contributed by atoms with van der Waals surface area (Å²) in [7, 11) is 0. The molecule has 1 aromatic rings. The van der Waals surface area contributed by atoms with Crippen molar-refractivity contribution in [3.05, 3.63) is 28.3 Å². The lowest BCUT2D eigenvalue weighted by atomic mass is 9.85. The van der Waals surface area contributed by atoms with E-state index in [0.29, 0.717) is 36.5 Å². The number of carbonyl (C=O) groups excluding carboxylic acids is 1. The lowest BCUT2D eigenvalue weighted by Gasteiger charge is -2.35. The maximum absolute atomic E-state index is 11.9. The van der Waals surface area contributed by atoms with Crippen molar-refractivity contribution >= 4 is 17.5 Å². The van der Waals surface area contributed by atoms with Crippen LogP contribution < -0.4 is 5.73 Å². The molecule has 24 heavy (non-hydrogen) atoms. The zero-order valence-electron chi connectivity index (χ0n) is 13.8. The zero-order valence-corrected chi connectivity index (χ0v) is 14.5. The summed E-state index contributed by atoms with van der Waals surface area (Å²) >= 11 is 6.23. The molecule has 1 heterocycles. The zero-order chi connectivity index (χ0) is 17.9. The third-order valence-corrected chi connectivity index (χ3v) is 5.10. The molecule has 0 bridgehead atoms. The number of hydrogen-bond donors (Lipinski definition) is 4. The average molecular weight is 357 g/mol. The summed E-state index contributed by atoms with van der Waals surface area (Å²) in [5, 5.41) is 29.1. The fraction of sp³-hybridized carbons (Fsp3) is 0.588. The van der Waals surface area contributed by atoms with Gasteiger partial charge in [-0.1, -0.05) is 18.5 Å². The van der Waals surface area contributed by atoms with Gasteiger partial charge in [-0.15, -0.1) is 0 Å². The molecule has 1 aliphatic rings. The van der Waals surface area contributed by atoms with Crippen LogP contribution in [0.25, 0.3) is 0 Å². The van der Waals surface area contributed by atoms with Crippen molar-refractivity contribution in [2.24, 2.45) is 11.7 Å². The van der Waals surface area contributed by atoms with E-state index >= 15 is 0 Å². The van der Waals surface area contributed by atoms with Gasteiger partial charge in [0.05, 0.1) is 6.61 Å². The molecule has 6 nitrogen and oxygen atoms in total. The summed E-state index contributed by atoms with van der Waals surface area (Å²) in [6.45, 7) is 2.33. The van der Waals surface area contributed by atoms with E-state index in [4.69, 9.17) is 22.4 Å². The van der Waals surface area contributed by atoms with Gasteiger partial charge in [0.15, 0.2) is 6.10 Å². The molecular weight excluding hydrogens is 332 g/mol. The molecule has 1 fully saturated rings. The first kappa shape index (κ1) is 19.0. The highest BCUT2D eigenvalue weighted by Gasteiger charge is 2.30. The van der Waals surface area contributed by atoms with E-state index in [1.54, 1.807) is 12.1 Å². The topological polar surface area (TPSA) is 107 Å². The largest absolute Gasteiger partial charge is 0.508 e. The molecule has 2 rings (SSSR count). The molecule has 1 saturated heterocycles. The van der Waals surface area contributed by atoms with Crippen LogP contribution in [0.2, 0.25) is 5.02 Å². The monoisotopic (exact) mass is 356 g/mol. The van der Waals surface area contributed by atoms with E-state index in [9.17, 15) is 15.0 Å². The number of nitrogens with two attached hydrogens (primary N) is 1. The van der Waals surface area contributed by atoms with Crippen LogP contribution in [0.15, 0.2) is 12.1 Å². The Labute approximate surface area is 146 Å². The van der Waals surface area contributed by atoms with Crippen LogP contribution in [0, 0.1) is 5.92 Å². The molecule has 1 amide bonds. The average Bonchev–Trinajstić information content (AvgIpc) is 2.61. The van der Waals surface area contributed by atoms with E-state index in [0.717, 1.165) is 12.0 Å². The van der Waals surface area contributed by atoms with Crippen molar-refractivity contribution in [3.8, 4) is 5.75 Å². The van der Waals surface area contributed by atoms with E-state index in [-0.39, 0.29) is 17.7 Å². The van der Waals surface area contributed by atoms with E-state index in [1.807, 2.05) is 6.92 Å². The standard InChI is InChI=1S/C17H25ClN2O4/c1-2-10-7-14(22)12(8-13(10)18)16(19)11-3-5-20(6-4-11)17(24)15(23)9-21/h7-8,11,15-16,21-23H,2-6,9,19H2,1H3. The van der Waals surface area contributed by atoms with Gasteiger partial charge in [0.2, 0.25) is 0 Å². The number of aryl methyl sites for hydroxylation is 1. The Balaban J connectivity index is 2.04. The van der Waals surface area contributed by atoms with E-state index in [2.05, 4.69) is 0 Å². The molecule has 2 atom stereocenters. The van der Waals surface area contributed by atoms with Gasteiger partial charge in [-0.05, 0) is 42.9 Å². The number of benzene rings is 1. The number of nitrogens with zero attached hydrogens (tertiary/aromatic N) is 1. The minimum absolute atomic E-state index is 0.106. The summed E-state index contributed by atoms with van der Waals surface area (Å²) in [5.41, 5.74) is 7.83. The summed E-state index contributed by atoms with van der Waals surface area (Å²) in [6, 6.07) is 3.02. The van der Waals surface area contributed by atoms with Crippen molar-refractivity contribution in [2.45, 2.75) is 38.3 Å². The van der Waals surface area contributed by atoms with Gasteiger partial charge in [-0.2, -0.15) is 0 Å². The van der Waals surface area contributed by atoms with Crippen LogP contribution in [-0.4, -0.2) is 51.9 Å². The maximum Gasteiger partial charge on any atom is 0.253 e. The van der Waals surface area contributed by atoms with Gasteiger partial charge in [0, 0.05) is 29.7 Å². The molecule has 134 valence electrons. The van der Waals surface area contributed by atoms with Crippen LogP contribution in [0.5, 0.6) is 5.75 Å². The molecule has 0 saturated carbocycles. The van der Waals surface area contributed by atoms with Crippen molar-refractivity contribution in [2.75, 3.05) is 19.7 Å². The summed E-state index contributed by atoms with van der Waals surface area (Å²) in [6.07, 6.45) is 0.699. The van der Waals surface area contributed by atoms with Gasteiger partial charge < -0.3 is 26.0 Å². The molecule has 0 aliphatic carbocycles. The van der Waals surface area contributed by atoms with Crippen molar-refractivity contribution in [3.63, 3.8) is 0 Å². The molecule has 0 radical (unpaired) electrons. The lowest BCUT2D eigenvalue weighted by Crippen LogP contribution is -2.46. The second-order valence-corrected chi connectivity index (χ2v) is 6.65. The number of aliphatic hydroxyl groups is 2. The number of phenols is 1. The second-order valence-electron chi connectivity index (χ2n) is 6.24.